The van der Waals surface area contributed by atoms with Crippen molar-refractivity contribution in [2.24, 2.45) is 0 Å². The van der Waals surface area contributed by atoms with Crippen molar-refractivity contribution in [1.29, 1.82) is 0 Å². The van der Waals surface area contributed by atoms with Crippen LogP contribution in [0.2, 0.25) is 0 Å². The van der Waals surface area contributed by atoms with Crippen molar-refractivity contribution in [2.75, 3.05) is 5.32 Å². The molecule has 3 aromatic rings. The minimum Gasteiger partial charge on any atom is -0.487 e. The molecule has 1 amide bonds. The highest BCUT2D eigenvalue weighted by Gasteiger charge is 2.13. The molecule has 0 radical (unpaired) electrons. The number of pyridine rings is 1. The van der Waals surface area contributed by atoms with Crippen molar-refractivity contribution in [1.82, 2.24) is 4.98 Å². The summed E-state index contributed by atoms with van der Waals surface area (Å²) >= 11 is 0. The number of amides is 1. The quantitative estimate of drug-likeness (QED) is 0.758. The third kappa shape index (κ3) is 4.38. The lowest BCUT2D eigenvalue weighted by molar-refractivity contribution is 0.102. The van der Waals surface area contributed by atoms with Gasteiger partial charge in [0.15, 0.2) is 0 Å². The minimum absolute atomic E-state index is 0.275. The molecular weight excluding hydrogens is 326 g/mol. The molecule has 1 N–H and O–H groups in total. The number of nitrogens with one attached hydrogen (secondary N) is 1. The van der Waals surface area contributed by atoms with Gasteiger partial charge in [0.25, 0.3) is 5.91 Å². The van der Waals surface area contributed by atoms with E-state index in [-0.39, 0.29) is 12.2 Å². The van der Waals surface area contributed by atoms with Gasteiger partial charge >= 0.3 is 0 Å². The Morgan fingerprint density at radius 3 is 2.72 bits per heavy atom. The molecule has 0 saturated carbocycles. The van der Waals surface area contributed by atoms with Crippen molar-refractivity contribution in [3.05, 3.63) is 89.8 Å². The van der Waals surface area contributed by atoms with Gasteiger partial charge in [-0.15, -0.1) is 0 Å². The van der Waals surface area contributed by atoms with Gasteiger partial charge in [0.05, 0.1) is 11.3 Å². The van der Waals surface area contributed by atoms with Crippen LogP contribution in [-0.4, -0.2) is 10.9 Å². The van der Waals surface area contributed by atoms with Crippen LogP contribution >= 0.6 is 0 Å². The summed E-state index contributed by atoms with van der Waals surface area (Å²) in [5.74, 6) is -1.69. The number of carbonyl (C=O) groups is 1. The predicted molar refractivity (Wildman–Crippen MR) is 89.3 cm³/mol. The van der Waals surface area contributed by atoms with Gasteiger partial charge < -0.3 is 10.1 Å². The number of anilines is 1. The van der Waals surface area contributed by atoms with Crippen molar-refractivity contribution in [2.45, 2.75) is 6.61 Å². The molecule has 1 heterocycles. The molecule has 2 aromatic carbocycles. The van der Waals surface area contributed by atoms with Crippen LogP contribution in [0.5, 0.6) is 5.75 Å². The standard InChI is InChI=1S/C19H14F2N2O2/c20-13-7-8-18(21)17(10-13)19(24)23-14-5-3-6-16(11-14)25-12-15-4-1-2-9-22-15/h1-11H,12H2,(H,23,24). The van der Waals surface area contributed by atoms with Crippen LogP contribution < -0.4 is 10.1 Å². The third-order valence-electron chi connectivity index (χ3n) is 3.38. The first-order valence-corrected chi connectivity index (χ1v) is 7.51. The summed E-state index contributed by atoms with van der Waals surface area (Å²) < 4.78 is 32.5. The molecule has 0 fully saturated rings. The number of ether oxygens (including phenoxy) is 1. The van der Waals surface area contributed by atoms with Gasteiger partial charge in [-0.3, -0.25) is 9.78 Å². The average molecular weight is 340 g/mol. The number of benzene rings is 2. The first kappa shape index (κ1) is 16.6. The Kier molecular flexibility index (Phi) is 4.99. The Morgan fingerprint density at radius 1 is 1.04 bits per heavy atom. The highest BCUT2D eigenvalue weighted by molar-refractivity contribution is 6.04. The van der Waals surface area contributed by atoms with E-state index < -0.39 is 17.5 Å². The monoisotopic (exact) mass is 340 g/mol. The highest BCUT2D eigenvalue weighted by atomic mass is 19.1. The first-order valence-electron chi connectivity index (χ1n) is 7.51. The van der Waals surface area contributed by atoms with Crippen LogP contribution in [0.1, 0.15) is 16.1 Å². The summed E-state index contributed by atoms with van der Waals surface area (Å²) in [6, 6.07) is 14.9. The van der Waals surface area contributed by atoms with Crippen molar-refractivity contribution in [3.8, 4) is 5.75 Å². The summed E-state index contributed by atoms with van der Waals surface area (Å²) in [6.45, 7) is 0.275. The summed E-state index contributed by atoms with van der Waals surface area (Å²) in [7, 11) is 0. The number of aromatic nitrogens is 1. The molecule has 0 saturated heterocycles. The number of halogens is 2. The predicted octanol–water partition coefficient (Wildman–Crippen LogP) is 4.19. The number of nitrogens with zero attached hydrogens (tertiary/aromatic N) is 1. The smallest absolute Gasteiger partial charge is 0.258 e. The fourth-order valence-corrected chi connectivity index (χ4v) is 2.17. The van der Waals surface area contributed by atoms with E-state index in [9.17, 15) is 13.6 Å². The Balaban J connectivity index is 1.69. The molecular formula is C19H14F2N2O2. The first-order chi connectivity index (χ1) is 12.1. The van der Waals surface area contributed by atoms with Crippen LogP contribution in [0.4, 0.5) is 14.5 Å². The van der Waals surface area contributed by atoms with Gasteiger partial charge in [-0.05, 0) is 42.5 Å². The summed E-state index contributed by atoms with van der Waals surface area (Å²) in [5.41, 5.74) is 0.811. The average Bonchev–Trinajstić information content (AvgIpc) is 2.63. The molecule has 6 heteroatoms. The maximum atomic E-state index is 13.7. The Morgan fingerprint density at radius 2 is 1.92 bits per heavy atom. The second-order valence-corrected chi connectivity index (χ2v) is 5.22. The van der Waals surface area contributed by atoms with Crippen LogP contribution in [0.3, 0.4) is 0 Å². The third-order valence-corrected chi connectivity index (χ3v) is 3.38. The summed E-state index contributed by atoms with van der Waals surface area (Å²) in [4.78, 5) is 16.3. The molecule has 0 aliphatic heterocycles. The second-order valence-electron chi connectivity index (χ2n) is 5.22. The Hall–Kier alpha value is -3.28. The molecule has 126 valence electrons. The van der Waals surface area contributed by atoms with Crippen molar-refractivity contribution in [3.63, 3.8) is 0 Å². The maximum absolute atomic E-state index is 13.7. The van der Waals surface area contributed by atoms with Gasteiger partial charge in [0.2, 0.25) is 0 Å². The number of hydrogen-bond acceptors (Lipinski definition) is 3. The SMILES string of the molecule is O=C(Nc1cccc(OCc2ccccn2)c1)c1cc(F)ccc1F. The van der Waals surface area contributed by atoms with Gasteiger partial charge in [-0.1, -0.05) is 12.1 Å². The molecule has 0 spiro atoms. The van der Waals surface area contributed by atoms with E-state index in [0.717, 1.165) is 23.9 Å². The minimum atomic E-state index is -0.790. The van der Waals surface area contributed by atoms with Crippen molar-refractivity contribution < 1.29 is 18.3 Å². The van der Waals surface area contributed by atoms with E-state index in [1.165, 1.54) is 0 Å². The topological polar surface area (TPSA) is 51.2 Å². The van der Waals surface area contributed by atoms with E-state index in [1.54, 1.807) is 30.5 Å². The molecule has 3 rings (SSSR count). The lowest BCUT2D eigenvalue weighted by Gasteiger charge is -2.09. The van der Waals surface area contributed by atoms with Crippen LogP contribution in [0.15, 0.2) is 66.9 Å². The normalized spacial score (nSPS) is 10.3. The molecule has 0 unspecified atom stereocenters. The molecule has 0 atom stereocenters. The zero-order valence-corrected chi connectivity index (χ0v) is 13.1. The zero-order chi connectivity index (χ0) is 17.6. The van der Waals surface area contributed by atoms with Crippen LogP contribution in [0.25, 0.3) is 0 Å². The summed E-state index contributed by atoms with van der Waals surface area (Å²) in [6.07, 6.45) is 1.67. The van der Waals surface area contributed by atoms with Gasteiger partial charge in [-0.2, -0.15) is 0 Å². The van der Waals surface area contributed by atoms with E-state index in [0.29, 0.717) is 11.4 Å². The zero-order valence-electron chi connectivity index (χ0n) is 13.1. The van der Waals surface area contributed by atoms with Gasteiger partial charge in [-0.25, -0.2) is 8.78 Å². The van der Waals surface area contributed by atoms with E-state index in [4.69, 9.17) is 4.74 Å². The van der Waals surface area contributed by atoms with E-state index in [1.807, 2.05) is 18.2 Å². The fourth-order valence-electron chi connectivity index (χ4n) is 2.17. The van der Waals surface area contributed by atoms with Crippen LogP contribution in [0, 0.1) is 11.6 Å². The number of carbonyl (C=O) groups excluding carboxylic acids is 1. The number of hydrogen-bond donors (Lipinski definition) is 1. The Labute approximate surface area is 143 Å². The lowest BCUT2D eigenvalue weighted by Crippen LogP contribution is -2.14. The summed E-state index contributed by atoms with van der Waals surface area (Å²) in [5, 5.41) is 2.52. The van der Waals surface area contributed by atoms with E-state index >= 15 is 0 Å². The van der Waals surface area contributed by atoms with Crippen LogP contribution in [-0.2, 0) is 6.61 Å². The molecule has 0 aliphatic rings. The van der Waals surface area contributed by atoms with Gasteiger partial charge in [0, 0.05) is 18.0 Å². The molecule has 25 heavy (non-hydrogen) atoms. The molecule has 0 bridgehead atoms. The Bertz CT molecular complexity index is 886. The molecule has 1 aromatic heterocycles. The van der Waals surface area contributed by atoms with E-state index in [2.05, 4.69) is 10.3 Å². The van der Waals surface area contributed by atoms with Gasteiger partial charge in [0.1, 0.15) is 24.0 Å². The highest BCUT2D eigenvalue weighted by Crippen LogP contribution is 2.20. The second kappa shape index (κ2) is 7.53. The largest absolute Gasteiger partial charge is 0.487 e. The maximum Gasteiger partial charge on any atom is 0.258 e. The fraction of sp³-hybridized carbons (Fsp3) is 0.0526. The van der Waals surface area contributed by atoms with Crippen molar-refractivity contribution >= 4 is 11.6 Å². The molecule has 4 nitrogen and oxygen atoms in total. The molecule has 0 aliphatic carbocycles. The number of rotatable bonds is 5. The lowest BCUT2D eigenvalue weighted by atomic mass is 10.2.